The topological polar surface area (TPSA) is 93.5 Å². The fourth-order valence-electron chi connectivity index (χ4n) is 2.66. The molecule has 0 saturated heterocycles. The number of amides is 2. The number of anilines is 1. The second-order valence-electron chi connectivity index (χ2n) is 5.30. The number of aryl methyl sites for hydroxylation is 1. The van der Waals surface area contributed by atoms with Gasteiger partial charge in [-0.1, -0.05) is 24.4 Å². The van der Waals surface area contributed by atoms with Crippen molar-refractivity contribution >= 4 is 17.8 Å². The van der Waals surface area contributed by atoms with Crippen LogP contribution in [0.1, 0.15) is 37.9 Å². The van der Waals surface area contributed by atoms with E-state index in [1.54, 1.807) is 13.0 Å². The lowest BCUT2D eigenvalue weighted by Gasteiger charge is -2.23. The van der Waals surface area contributed by atoms with E-state index >= 15 is 0 Å². The molecule has 2 unspecified atom stereocenters. The second kappa shape index (κ2) is 7.10. The normalized spacial score (nSPS) is 22.2. The number of methoxy groups -OCH3 is 1. The zero-order chi connectivity index (χ0) is 15.2. The largest absolute Gasteiger partial charge is 0.469 e. The van der Waals surface area contributed by atoms with Gasteiger partial charge in [-0.15, -0.1) is 0 Å². The zero-order valence-corrected chi connectivity index (χ0v) is 12.3. The Morgan fingerprint density at radius 2 is 2.10 bits per heavy atom. The number of ether oxygens (including phenoxy) is 1. The van der Waals surface area contributed by atoms with E-state index in [4.69, 9.17) is 9.26 Å². The molecule has 1 aromatic rings. The molecule has 0 spiro atoms. The third-order valence-corrected chi connectivity index (χ3v) is 3.71. The maximum absolute atomic E-state index is 12.0. The van der Waals surface area contributed by atoms with Gasteiger partial charge in [-0.2, -0.15) is 0 Å². The van der Waals surface area contributed by atoms with Crippen molar-refractivity contribution in [3.63, 3.8) is 0 Å². The van der Waals surface area contributed by atoms with Crippen LogP contribution in [0.15, 0.2) is 10.6 Å². The van der Waals surface area contributed by atoms with Crippen molar-refractivity contribution in [1.82, 2.24) is 10.5 Å². The summed E-state index contributed by atoms with van der Waals surface area (Å²) in [6.45, 7) is 1.74. The molecule has 2 amide bonds. The summed E-state index contributed by atoms with van der Waals surface area (Å²) in [5.41, 5.74) is 0. The molecule has 7 heteroatoms. The predicted octanol–water partition coefficient (Wildman–Crippen LogP) is 2.23. The number of aromatic nitrogens is 1. The number of urea groups is 1. The third-order valence-electron chi connectivity index (χ3n) is 3.71. The first-order valence-electron chi connectivity index (χ1n) is 7.19. The third kappa shape index (κ3) is 4.21. The van der Waals surface area contributed by atoms with E-state index in [2.05, 4.69) is 15.8 Å². The maximum Gasteiger partial charge on any atom is 0.320 e. The summed E-state index contributed by atoms with van der Waals surface area (Å²) in [5, 5.41) is 9.15. The van der Waals surface area contributed by atoms with Crippen molar-refractivity contribution in [3.8, 4) is 0 Å². The molecule has 0 aromatic carbocycles. The van der Waals surface area contributed by atoms with Gasteiger partial charge in [0.05, 0.1) is 13.0 Å². The summed E-state index contributed by atoms with van der Waals surface area (Å²) in [6, 6.07) is 1.03. The van der Waals surface area contributed by atoms with E-state index < -0.39 is 0 Å². The molecule has 116 valence electrons. The number of rotatable bonds is 3. The predicted molar refractivity (Wildman–Crippen MR) is 75.8 cm³/mol. The van der Waals surface area contributed by atoms with Gasteiger partial charge in [-0.3, -0.25) is 10.1 Å². The fraction of sp³-hybridized carbons (Fsp3) is 0.643. The molecule has 1 saturated carbocycles. The summed E-state index contributed by atoms with van der Waals surface area (Å²) < 4.78 is 9.73. The van der Waals surface area contributed by atoms with Crippen molar-refractivity contribution < 1.29 is 18.8 Å². The number of carbonyl (C=O) groups excluding carboxylic acids is 2. The average molecular weight is 295 g/mol. The molecular weight excluding hydrogens is 274 g/mol. The van der Waals surface area contributed by atoms with E-state index in [0.717, 1.165) is 32.1 Å². The minimum absolute atomic E-state index is 0.215. The minimum Gasteiger partial charge on any atom is -0.469 e. The summed E-state index contributed by atoms with van der Waals surface area (Å²) in [5.74, 6) is 0.419. The molecule has 1 fully saturated rings. The number of hydrogen-bond acceptors (Lipinski definition) is 5. The molecular formula is C14H21N3O4. The van der Waals surface area contributed by atoms with Gasteiger partial charge < -0.3 is 14.6 Å². The highest BCUT2D eigenvalue weighted by atomic mass is 16.5. The molecule has 1 aliphatic carbocycles. The molecule has 2 N–H and O–H groups in total. The minimum atomic E-state index is -0.385. The molecule has 0 aliphatic heterocycles. The SMILES string of the molecule is COC(=O)C1CCCCCC1NC(=O)Nc1cc(C)on1. The highest BCUT2D eigenvalue weighted by Gasteiger charge is 2.31. The standard InChI is InChI=1S/C14H21N3O4/c1-9-8-12(17-21-9)16-14(19)15-11-7-5-3-4-6-10(11)13(18)20-2/h8,10-11H,3-7H2,1-2H3,(H2,15,16,17,19). The Labute approximate surface area is 123 Å². The Hall–Kier alpha value is -2.05. The highest BCUT2D eigenvalue weighted by Crippen LogP contribution is 2.24. The molecule has 2 rings (SSSR count). The van der Waals surface area contributed by atoms with Gasteiger partial charge in [0.15, 0.2) is 5.82 Å². The van der Waals surface area contributed by atoms with Gasteiger partial charge >= 0.3 is 12.0 Å². The fourth-order valence-corrected chi connectivity index (χ4v) is 2.66. The number of hydrogen-bond donors (Lipinski definition) is 2. The molecule has 1 aromatic heterocycles. The van der Waals surface area contributed by atoms with Gasteiger partial charge in [-0.05, 0) is 19.8 Å². The highest BCUT2D eigenvalue weighted by molar-refractivity contribution is 5.88. The van der Waals surface area contributed by atoms with Crippen molar-refractivity contribution in [2.45, 2.75) is 45.1 Å². The number of carbonyl (C=O) groups is 2. The molecule has 21 heavy (non-hydrogen) atoms. The van der Waals surface area contributed by atoms with Crippen molar-refractivity contribution in [2.24, 2.45) is 5.92 Å². The van der Waals surface area contributed by atoms with Crippen LogP contribution >= 0.6 is 0 Å². The van der Waals surface area contributed by atoms with E-state index in [-0.39, 0.29) is 24.0 Å². The monoisotopic (exact) mass is 295 g/mol. The summed E-state index contributed by atoms with van der Waals surface area (Å²) in [7, 11) is 1.38. The van der Waals surface area contributed by atoms with Crippen LogP contribution in [-0.2, 0) is 9.53 Å². The van der Waals surface area contributed by atoms with Gasteiger partial charge in [0.1, 0.15) is 5.76 Å². The van der Waals surface area contributed by atoms with E-state index in [9.17, 15) is 9.59 Å². The van der Waals surface area contributed by atoms with E-state index in [0.29, 0.717) is 11.6 Å². The lowest BCUT2D eigenvalue weighted by molar-refractivity contribution is -0.146. The first-order valence-corrected chi connectivity index (χ1v) is 7.19. The quantitative estimate of drug-likeness (QED) is 0.659. The second-order valence-corrected chi connectivity index (χ2v) is 5.30. The van der Waals surface area contributed by atoms with Crippen LogP contribution in [0.3, 0.4) is 0 Å². The molecule has 2 atom stereocenters. The Bertz CT molecular complexity index is 500. The van der Waals surface area contributed by atoms with Crippen LogP contribution in [-0.4, -0.2) is 30.3 Å². The van der Waals surface area contributed by atoms with Crippen molar-refractivity contribution in [3.05, 3.63) is 11.8 Å². The summed E-state index contributed by atoms with van der Waals surface area (Å²) in [6.07, 6.45) is 4.53. The summed E-state index contributed by atoms with van der Waals surface area (Å²) >= 11 is 0. The Morgan fingerprint density at radius 1 is 1.33 bits per heavy atom. The molecule has 1 heterocycles. The number of nitrogens with zero attached hydrogens (tertiary/aromatic N) is 1. The Morgan fingerprint density at radius 3 is 2.76 bits per heavy atom. The molecule has 0 radical (unpaired) electrons. The van der Waals surface area contributed by atoms with Gasteiger partial charge in [0, 0.05) is 12.1 Å². The van der Waals surface area contributed by atoms with Crippen LogP contribution in [0.5, 0.6) is 0 Å². The lowest BCUT2D eigenvalue weighted by atomic mass is 9.95. The van der Waals surface area contributed by atoms with E-state index in [1.807, 2.05) is 0 Å². The number of nitrogens with one attached hydrogen (secondary N) is 2. The first-order chi connectivity index (χ1) is 10.1. The number of esters is 1. The van der Waals surface area contributed by atoms with Crippen LogP contribution in [0.4, 0.5) is 10.6 Å². The zero-order valence-electron chi connectivity index (χ0n) is 12.3. The average Bonchev–Trinajstić information content (AvgIpc) is 2.72. The smallest absolute Gasteiger partial charge is 0.320 e. The van der Waals surface area contributed by atoms with Gasteiger partial charge in [0.25, 0.3) is 0 Å². The van der Waals surface area contributed by atoms with Crippen LogP contribution in [0.2, 0.25) is 0 Å². The van der Waals surface area contributed by atoms with Crippen molar-refractivity contribution in [1.29, 1.82) is 0 Å². The Balaban J connectivity index is 1.96. The van der Waals surface area contributed by atoms with Crippen molar-refractivity contribution in [2.75, 3.05) is 12.4 Å². The summed E-state index contributed by atoms with van der Waals surface area (Å²) in [4.78, 5) is 23.9. The lowest BCUT2D eigenvalue weighted by Crippen LogP contribution is -2.45. The molecule has 1 aliphatic rings. The maximum atomic E-state index is 12.0. The molecule has 0 bridgehead atoms. The van der Waals surface area contributed by atoms with Gasteiger partial charge in [-0.25, -0.2) is 4.79 Å². The molecule has 7 nitrogen and oxygen atoms in total. The van der Waals surface area contributed by atoms with Crippen LogP contribution in [0, 0.1) is 12.8 Å². The van der Waals surface area contributed by atoms with Gasteiger partial charge in [0.2, 0.25) is 0 Å². The van der Waals surface area contributed by atoms with Crippen LogP contribution < -0.4 is 10.6 Å². The first kappa shape index (κ1) is 15.3. The van der Waals surface area contributed by atoms with Crippen LogP contribution in [0.25, 0.3) is 0 Å². The van der Waals surface area contributed by atoms with E-state index in [1.165, 1.54) is 7.11 Å². The Kier molecular flexibility index (Phi) is 5.19.